The molecule has 1 fully saturated rings. The van der Waals surface area contributed by atoms with E-state index in [0.29, 0.717) is 6.04 Å². The summed E-state index contributed by atoms with van der Waals surface area (Å²) < 4.78 is 5.89. The molecule has 0 saturated carbocycles. The van der Waals surface area contributed by atoms with E-state index in [2.05, 4.69) is 50.2 Å². The maximum atomic E-state index is 5.89. The zero-order chi connectivity index (χ0) is 12.9. The van der Waals surface area contributed by atoms with Crippen LogP contribution in [0.3, 0.4) is 0 Å². The molecule has 0 bridgehead atoms. The van der Waals surface area contributed by atoms with Crippen LogP contribution in [-0.4, -0.2) is 31.5 Å². The van der Waals surface area contributed by atoms with Gasteiger partial charge in [-0.15, -0.1) is 5.92 Å². The summed E-state index contributed by atoms with van der Waals surface area (Å²) in [6, 6.07) is 0.500. The Balaban J connectivity index is 2.38. The fourth-order valence-electron chi connectivity index (χ4n) is 1.94. The molecule has 1 heterocycles. The first-order valence-corrected chi connectivity index (χ1v) is 6.52. The van der Waals surface area contributed by atoms with Gasteiger partial charge in [0, 0.05) is 19.1 Å². The van der Waals surface area contributed by atoms with Crippen molar-refractivity contribution in [2.24, 2.45) is 5.41 Å². The Bertz CT molecular complexity index is 277. The Morgan fingerprint density at radius 1 is 1.29 bits per heavy atom. The van der Waals surface area contributed by atoms with Crippen molar-refractivity contribution in [3.05, 3.63) is 0 Å². The predicted molar refractivity (Wildman–Crippen MR) is 71.7 cm³/mol. The van der Waals surface area contributed by atoms with E-state index in [0.717, 1.165) is 19.5 Å². The maximum Gasteiger partial charge on any atom is 0.122 e. The van der Waals surface area contributed by atoms with Crippen molar-refractivity contribution < 1.29 is 4.74 Å². The summed E-state index contributed by atoms with van der Waals surface area (Å²) in [4.78, 5) is 0. The second kappa shape index (κ2) is 6.39. The molecule has 2 unspecified atom stereocenters. The van der Waals surface area contributed by atoms with Gasteiger partial charge >= 0.3 is 0 Å². The fourth-order valence-corrected chi connectivity index (χ4v) is 1.94. The highest BCUT2D eigenvalue weighted by atomic mass is 16.5. The molecule has 0 aromatic rings. The van der Waals surface area contributed by atoms with E-state index in [1.165, 1.54) is 0 Å². The minimum atomic E-state index is 0.0467. The number of nitrogens with one attached hydrogen (secondary N) is 2. The Labute approximate surface area is 106 Å². The largest absolute Gasteiger partial charge is 0.346 e. The van der Waals surface area contributed by atoms with Crippen LogP contribution in [0.5, 0.6) is 0 Å². The van der Waals surface area contributed by atoms with Gasteiger partial charge in [0.25, 0.3) is 0 Å². The van der Waals surface area contributed by atoms with Gasteiger partial charge in [-0.3, -0.25) is 5.32 Å². The lowest BCUT2D eigenvalue weighted by Crippen LogP contribution is -2.59. The molecule has 17 heavy (non-hydrogen) atoms. The standard InChI is InChI=1S/C14H26N2O/c1-6-8-11(7-2)17-13-10-15-12(9-16-13)14(3,4)5/h11-13,15-16H,7,9-10H2,1-5H3/t11-,12?,13?/m0/s1. The number of ether oxygens (including phenoxy) is 1. The quantitative estimate of drug-likeness (QED) is 0.735. The fraction of sp³-hybridized carbons (Fsp3) is 0.857. The van der Waals surface area contributed by atoms with Gasteiger partial charge in [-0.25, -0.2) is 0 Å². The van der Waals surface area contributed by atoms with Crippen molar-refractivity contribution in [1.29, 1.82) is 0 Å². The van der Waals surface area contributed by atoms with Crippen LogP contribution in [0.1, 0.15) is 41.0 Å². The lowest BCUT2D eigenvalue weighted by molar-refractivity contribution is -0.0231. The van der Waals surface area contributed by atoms with E-state index in [9.17, 15) is 0 Å². The Morgan fingerprint density at radius 3 is 2.41 bits per heavy atom. The number of rotatable bonds is 3. The van der Waals surface area contributed by atoms with Crippen molar-refractivity contribution in [3.8, 4) is 11.8 Å². The average Bonchev–Trinajstić information content (AvgIpc) is 2.28. The summed E-state index contributed by atoms with van der Waals surface area (Å²) in [5.74, 6) is 6.00. The Morgan fingerprint density at radius 2 is 2.00 bits per heavy atom. The van der Waals surface area contributed by atoms with Gasteiger partial charge in [0.15, 0.2) is 0 Å². The molecule has 0 amide bonds. The average molecular weight is 238 g/mol. The summed E-state index contributed by atoms with van der Waals surface area (Å²) in [7, 11) is 0. The molecule has 3 heteroatoms. The second-order valence-electron chi connectivity index (χ2n) is 5.65. The van der Waals surface area contributed by atoms with Gasteiger partial charge in [0.05, 0.1) is 0 Å². The van der Waals surface area contributed by atoms with E-state index in [-0.39, 0.29) is 17.7 Å². The van der Waals surface area contributed by atoms with Crippen LogP contribution in [-0.2, 0) is 4.74 Å². The molecular formula is C14H26N2O. The third-order valence-corrected chi connectivity index (χ3v) is 3.15. The summed E-state index contributed by atoms with van der Waals surface area (Å²) >= 11 is 0. The van der Waals surface area contributed by atoms with E-state index in [4.69, 9.17) is 4.74 Å². The first kappa shape index (κ1) is 14.5. The van der Waals surface area contributed by atoms with E-state index < -0.39 is 0 Å². The van der Waals surface area contributed by atoms with Crippen molar-refractivity contribution in [2.75, 3.05) is 13.1 Å². The van der Waals surface area contributed by atoms with Gasteiger partial charge in [-0.1, -0.05) is 33.6 Å². The molecule has 0 radical (unpaired) electrons. The topological polar surface area (TPSA) is 33.3 Å². The molecule has 98 valence electrons. The van der Waals surface area contributed by atoms with Gasteiger partial charge in [0.2, 0.25) is 0 Å². The zero-order valence-corrected chi connectivity index (χ0v) is 11.8. The predicted octanol–water partition coefficient (Wildman–Crippen LogP) is 1.74. The highest BCUT2D eigenvalue weighted by molar-refractivity contribution is 5.02. The highest BCUT2D eigenvalue weighted by Crippen LogP contribution is 2.20. The van der Waals surface area contributed by atoms with Crippen molar-refractivity contribution >= 4 is 0 Å². The van der Waals surface area contributed by atoms with Gasteiger partial charge in [-0.05, 0) is 18.8 Å². The van der Waals surface area contributed by atoms with Gasteiger partial charge in [-0.2, -0.15) is 0 Å². The molecular weight excluding hydrogens is 212 g/mol. The molecule has 1 rings (SSSR count). The van der Waals surface area contributed by atoms with Gasteiger partial charge < -0.3 is 10.1 Å². The van der Waals surface area contributed by atoms with E-state index in [1.807, 2.05) is 6.92 Å². The minimum Gasteiger partial charge on any atom is -0.346 e. The van der Waals surface area contributed by atoms with E-state index in [1.54, 1.807) is 0 Å². The van der Waals surface area contributed by atoms with Crippen LogP contribution in [0.25, 0.3) is 0 Å². The van der Waals surface area contributed by atoms with Crippen molar-refractivity contribution in [1.82, 2.24) is 10.6 Å². The van der Waals surface area contributed by atoms with Crippen LogP contribution in [0, 0.1) is 17.3 Å². The molecule has 0 aromatic carbocycles. The normalized spacial score (nSPS) is 27.1. The van der Waals surface area contributed by atoms with Crippen LogP contribution in [0.2, 0.25) is 0 Å². The molecule has 0 aliphatic carbocycles. The highest BCUT2D eigenvalue weighted by Gasteiger charge is 2.29. The summed E-state index contributed by atoms with van der Waals surface area (Å²) in [5.41, 5.74) is 0.283. The van der Waals surface area contributed by atoms with Crippen molar-refractivity contribution in [3.63, 3.8) is 0 Å². The minimum absolute atomic E-state index is 0.0467. The number of hydrogen-bond donors (Lipinski definition) is 2. The molecule has 1 aliphatic heterocycles. The molecule has 3 atom stereocenters. The summed E-state index contributed by atoms with van der Waals surface area (Å²) in [6.07, 6.45) is 1.06. The third kappa shape index (κ3) is 4.67. The second-order valence-corrected chi connectivity index (χ2v) is 5.65. The summed E-state index contributed by atoms with van der Waals surface area (Å²) in [6.45, 7) is 12.5. The lowest BCUT2D eigenvalue weighted by Gasteiger charge is -2.39. The molecule has 0 spiro atoms. The number of piperazine rings is 1. The van der Waals surface area contributed by atoms with Gasteiger partial charge in [0.1, 0.15) is 12.3 Å². The van der Waals surface area contributed by atoms with E-state index >= 15 is 0 Å². The summed E-state index contributed by atoms with van der Waals surface area (Å²) in [5, 5.41) is 6.99. The van der Waals surface area contributed by atoms with Crippen LogP contribution in [0.15, 0.2) is 0 Å². The zero-order valence-electron chi connectivity index (χ0n) is 11.8. The Kier molecular flexibility index (Phi) is 5.45. The smallest absolute Gasteiger partial charge is 0.122 e. The third-order valence-electron chi connectivity index (χ3n) is 3.15. The molecule has 1 aliphatic rings. The number of hydrogen-bond acceptors (Lipinski definition) is 3. The Hall–Kier alpha value is -0.560. The monoisotopic (exact) mass is 238 g/mol. The SMILES string of the molecule is CC#C[C@H](CC)OC1CNC(C(C)(C)C)CN1. The molecule has 1 saturated heterocycles. The maximum absolute atomic E-state index is 5.89. The van der Waals surface area contributed by atoms with Crippen LogP contribution < -0.4 is 10.6 Å². The first-order chi connectivity index (χ1) is 7.97. The van der Waals surface area contributed by atoms with Crippen LogP contribution in [0.4, 0.5) is 0 Å². The molecule has 0 aromatic heterocycles. The molecule has 2 N–H and O–H groups in total. The lowest BCUT2D eigenvalue weighted by atomic mass is 9.86. The van der Waals surface area contributed by atoms with Crippen molar-refractivity contribution in [2.45, 2.75) is 59.4 Å². The molecule has 3 nitrogen and oxygen atoms in total. The van der Waals surface area contributed by atoms with Crippen LogP contribution >= 0.6 is 0 Å². The first-order valence-electron chi connectivity index (χ1n) is 6.52.